The number of nitrogens with two attached hydrogens (primary N) is 1. The van der Waals surface area contributed by atoms with Crippen LogP contribution in [0.3, 0.4) is 0 Å². The van der Waals surface area contributed by atoms with Gasteiger partial charge in [-0.15, -0.1) is 0 Å². The quantitative estimate of drug-likeness (QED) is 0.670. The largest absolute Gasteiger partial charge is 0.441 e. The van der Waals surface area contributed by atoms with E-state index in [9.17, 15) is 4.79 Å². The fourth-order valence-corrected chi connectivity index (χ4v) is 1.17. The first-order chi connectivity index (χ1) is 6.68. The molecule has 1 heterocycles. The van der Waals surface area contributed by atoms with Crippen LogP contribution in [0.1, 0.15) is 0 Å². The van der Waals surface area contributed by atoms with E-state index in [2.05, 4.69) is 9.68 Å². The van der Waals surface area contributed by atoms with E-state index in [1.807, 2.05) is 0 Å². The Hall–Kier alpha value is -2.04. The lowest BCUT2D eigenvalue weighted by molar-refractivity contribution is 0.380. The summed E-state index contributed by atoms with van der Waals surface area (Å²) in [6.07, 6.45) is 0. The Bertz CT molecular complexity index is 496. The monoisotopic (exact) mass is 191 g/mol. The zero-order valence-electron chi connectivity index (χ0n) is 7.60. The number of hydrogen-bond donors (Lipinski definition) is 1. The average Bonchev–Trinajstić information content (AvgIpc) is 2.50. The Balaban J connectivity index is 2.55. The Morgan fingerprint density at radius 3 is 2.50 bits per heavy atom. The van der Waals surface area contributed by atoms with Crippen molar-refractivity contribution in [1.29, 1.82) is 0 Å². The molecule has 0 aliphatic carbocycles. The molecular formula is C9H9N3O2. The molecule has 2 aromatic rings. The second kappa shape index (κ2) is 3.02. The Labute approximate surface area is 79.7 Å². The van der Waals surface area contributed by atoms with Gasteiger partial charge in [-0.05, 0) is 24.3 Å². The summed E-state index contributed by atoms with van der Waals surface area (Å²) in [6, 6.07) is 7.06. The topological polar surface area (TPSA) is 74.1 Å². The molecule has 1 aromatic heterocycles. The van der Waals surface area contributed by atoms with E-state index >= 15 is 0 Å². The third-order valence-electron chi connectivity index (χ3n) is 1.97. The second-order valence-electron chi connectivity index (χ2n) is 2.95. The van der Waals surface area contributed by atoms with Gasteiger partial charge in [0.15, 0.2) is 5.82 Å². The molecule has 0 spiro atoms. The summed E-state index contributed by atoms with van der Waals surface area (Å²) in [6.45, 7) is 0. The summed E-state index contributed by atoms with van der Waals surface area (Å²) in [5.74, 6) is 0.0202. The highest BCUT2D eigenvalue weighted by molar-refractivity contribution is 5.58. The maximum atomic E-state index is 11.0. The van der Waals surface area contributed by atoms with E-state index in [0.29, 0.717) is 11.5 Å². The first-order valence-corrected chi connectivity index (χ1v) is 4.07. The molecule has 0 aliphatic heterocycles. The van der Waals surface area contributed by atoms with Gasteiger partial charge >= 0.3 is 5.76 Å². The van der Waals surface area contributed by atoms with Crippen molar-refractivity contribution in [3.05, 3.63) is 34.8 Å². The Morgan fingerprint density at radius 1 is 1.36 bits per heavy atom. The van der Waals surface area contributed by atoms with Crippen molar-refractivity contribution in [2.24, 2.45) is 7.05 Å². The van der Waals surface area contributed by atoms with Gasteiger partial charge in [0.1, 0.15) is 0 Å². The highest BCUT2D eigenvalue weighted by atomic mass is 16.5. The number of anilines is 1. The van der Waals surface area contributed by atoms with E-state index in [4.69, 9.17) is 5.73 Å². The lowest BCUT2D eigenvalue weighted by Crippen LogP contribution is -2.10. The van der Waals surface area contributed by atoms with Crippen LogP contribution in [0.2, 0.25) is 0 Å². The van der Waals surface area contributed by atoms with Gasteiger partial charge in [-0.25, -0.2) is 4.79 Å². The highest BCUT2D eigenvalue weighted by Crippen LogP contribution is 2.16. The third kappa shape index (κ3) is 1.28. The SMILES string of the molecule is Cn1c(-c2ccc(N)cc2)noc1=O. The zero-order valence-corrected chi connectivity index (χ0v) is 7.60. The Kier molecular flexibility index (Phi) is 1.85. The molecule has 2 N–H and O–H groups in total. The van der Waals surface area contributed by atoms with Crippen LogP contribution in [0.15, 0.2) is 33.6 Å². The standard InChI is InChI=1S/C9H9N3O2/c1-12-8(11-14-9(12)13)6-2-4-7(10)5-3-6/h2-5H,10H2,1H3. The summed E-state index contributed by atoms with van der Waals surface area (Å²) < 4.78 is 5.84. The van der Waals surface area contributed by atoms with E-state index in [-0.39, 0.29) is 0 Å². The number of hydrogen-bond acceptors (Lipinski definition) is 4. The predicted octanol–water partition coefficient (Wildman–Crippen LogP) is 0.622. The smallest absolute Gasteiger partial charge is 0.399 e. The Morgan fingerprint density at radius 2 is 2.00 bits per heavy atom. The van der Waals surface area contributed by atoms with Crippen molar-refractivity contribution in [3.63, 3.8) is 0 Å². The van der Waals surface area contributed by atoms with Crippen LogP contribution in [0, 0.1) is 0 Å². The van der Waals surface area contributed by atoms with Gasteiger partial charge in [-0.2, -0.15) is 0 Å². The minimum absolute atomic E-state index is 0.475. The molecule has 0 amide bonds. The van der Waals surface area contributed by atoms with Crippen LogP contribution in [0.25, 0.3) is 11.4 Å². The molecule has 0 unspecified atom stereocenters. The van der Waals surface area contributed by atoms with Gasteiger partial charge in [0.05, 0.1) is 0 Å². The van der Waals surface area contributed by atoms with Crippen LogP contribution in [-0.2, 0) is 7.05 Å². The van der Waals surface area contributed by atoms with Crippen molar-refractivity contribution in [2.75, 3.05) is 5.73 Å². The molecule has 72 valence electrons. The summed E-state index contributed by atoms with van der Waals surface area (Å²) >= 11 is 0. The first-order valence-electron chi connectivity index (χ1n) is 4.07. The molecule has 0 bridgehead atoms. The van der Waals surface area contributed by atoms with Crippen molar-refractivity contribution >= 4 is 5.69 Å². The van der Waals surface area contributed by atoms with Gasteiger partial charge < -0.3 is 5.73 Å². The first kappa shape index (κ1) is 8.55. The normalized spacial score (nSPS) is 10.4. The summed E-state index contributed by atoms with van der Waals surface area (Å²) in [5.41, 5.74) is 7.00. The lowest BCUT2D eigenvalue weighted by atomic mass is 10.2. The number of nitrogen functional groups attached to an aromatic ring is 1. The van der Waals surface area contributed by atoms with Crippen LogP contribution >= 0.6 is 0 Å². The average molecular weight is 191 g/mol. The van der Waals surface area contributed by atoms with Crippen molar-refractivity contribution in [3.8, 4) is 11.4 Å². The van der Waals surface area contributed by atoms with E-state index < -0.39 is 5.76 Å². The molecule has 1 aromatic carbocycles. The van der Waals surface area contributed by atoms with Crippen molar-refractivity contribution < 1.29 is 4.52 Å². The summed E-state index contributed by atoms with van der Waals surface area (Å²) in [4.78, 5) is 11.0. The summed E-state index contributed by atoms with van der Waals surface area (Å²) in [7, 11) is 1.60. The highest BCUT2D eigenvalue weighted by Gasteiger charge is 2.07. The van der Waals surface area contributed by atoms with Crippen LogP contribution < -0.4 is 11.5 Å². The van der Waals surface area contributed by atoms with Gasteiger partial charge in [0.2, 0.25) is 0 Å². The predicted molar refractivity (Wildman–Crippen MR) is 51.6 cm³/mol. The number of benzene rings is 1. The van der Waals surface area contributed by atoms with Gasteiger partial charge in [-0.3, -0.25) is 9.09 Å². The second-order valence-corrected chi connectivity index (χ2v) is 2.95. The van der Waals surface area contributed by atoms with E-state index in [0.717, 1.165) is 5.56 Å². The fourth-order valence-electron chi connectivity index (χ4n) is 1.17. The number of nitrogens with zero attached hydrogens (tertiary/aromatic N) is 2. The molecule has 0 radical (unpaired) electrons. The van der Waals surface area contributed by atoms with Crippen molar-refractivity contribution in [2.45, 2.75) is 0 Å². The molecule has 2 rings (SSSR count). The number of aromatic nitrogens is 2. The van der Waals surface area contributed by atoms with Gasteiger partial charge in [0, 0.05) is 18.3 Å². The zero-order chi connectivity index (χ0) is 10.1. The molecule has 0 saturated carbocycles. The maximum Gasteiger partial charge on any atom is 0.441 e. The fraction of sp³-hybridized carbons (Fsp3) is 0.111. The molecule has 0 atom stereocenters. The van der Waals surface area contributed by atoms with Crippen LogP contribution in [-0.4, -0.2) is 9.72 Å². The third-order valence-corrected chi connectivity index (χ3v) is 1.97. The maximum absolute atomic E-state index is 11.0. The summed E-state index contributed by atoms with van der Waals surface area (Å²) in [5, 5.41) is 3.65. The minimum Gasteiger partial charge on any atom is -0.399 e. The molecule has 0 saturated heterocycles. The van der Waals surface area contributed by atoms with E-state index in [1.165, 1.54) is 4.57 Å². The molecule has 0 fully saturated rings. The minimum atomic E-state index is -0.475. The molecular weight excluding hydrogens is 182 g/mol. The number of rotatable bonds is 1. The van der Waals surface area contributed by atoms with Gasteiger partial charge in [-0.1, -0.05) is 5.16 Å². The molecule has 0 aliphatic rings. The van der Waals surface area contributed by atoms with Gasteiger partial charge in [0.25, 0.3) is 0 Å². The van der Waals surface area contributed by atoms with Crippen LogP contribution in [0.4, 0.5) is 5.69 Å². The lowest BCUT2D eigenvalue weighted by Gasteiger charge is -1.98. The molecule has 5 nitrogen and oxygen atoms in total. The van der Waals surface area contributed by atoms with Crippen LogP contribution in [0.5, 0.6) is 0 Å². The molecule has 5 heteroatoms. The molecule has 14 heavy (non-hydrogen) atoms. The van der Waals surface area contributed by atoms with Crippen molar-refractivity contribution in [1.82, 2.24) is 9.72 Å². The van der Waals surface area contributed by atoms with E-state index in [1.54, 1.807) is 31.3 Å².